The largest absolute Gasteiger partial charge is 0.449 e. The summed E-state index contributed by atoms with van der Waals surface area (Å²) in [5.41, 5.74) is 2.31. The number of hydrogen-bond acceptors (Lipinski definition) is 5. The average molecular weight is 365 g/mol. The van der Waals surface area contributed by atoms with E-state index in [1.807, 2.05) is 18.2 Å². The van der Waals surface area contributed by atoms with Crippen LogP contribution in [0.3, 0.4) is 0 Å². The van der Waals surface area contributed by atoms with Crippen LogP contribution in [0.25, 0.3) is 11.0 Å². The van der Waals surface area contributed by atoms with Gasteiger partial charge in [-0.15, -0.1) is 0 Å². The van der Waals surface area contributed by atoms with Gasteiger partial charge in [-0.3, -0.25) is 9.59 Å². The van der Waals surface area contributed by atoms with Crippen molar-refractivity contribution in [1.29, 1.82) is 0 Å². The molecule has 0 saturated heterocycles. The highest BCUT2D eigenvalue weighted by molar-refractivity contribution is 6.00. The predicted octanol–water partition coefficient (Wildman–Crippen LogP) is 4.13. The first-order valence-corrected chi connectivity index (χ1v) is 8.48. The molecule has 0 bridgehead atoms. The maximum Gasteiger partial charge on any atom is 0.375 e. The van der Waals surface area contributed by atoms with Crippen molar-refractivity contribution in [2.75, 3.05) is 5.32 Å². The van der Waals surface area contributed by atoms with Crippen LogP contribution in [-0.2, 0) is 9.53 Å². The van der Waals surface area contributed by atoms with Crippen molar-refractivity contribution in [2.24, 2.45) is 0 Å². The topological polar surface area (TPSA) is 85.6 Å². The Labute approximate surface area is 156 Å². The lowest BCUT2D eigenvalue weighted by Gasteiger charge is -2.13. The molecule has 0 aliphatic carbocycles. The Kier molecular flexibility index (Phi) is 5.07. The number of para-hydroxylation sites is 1. The van der Waals surface area contributed by atoms with Gasteiger partial charge in [0.15, 0.2) is 11.9 Å². The summed E-state index contributed by atoms with van der Waals surface area (Å²) in [5.74, 6) is -1.15. The van der Waals surface area contributed by atoms with Crippen molar-refractivity contribution < 1.29 is 23.5 Å². The number of nitrogens with one attached hydrogen (secondary N) is 1. The van der Waals surface area contributed by atoms with Crippen molar-refractivity contribution in [2.45, 2.75) is 26.9 Å². The molecule has 1 amide bonds. The molecule has 1 unspecified atom stereocenters. The lowest BCUT2D eigenvalue weighted by molar-refractivity contribution is -0.123. The molecule has 3 aromatic rings. The van der Waals surface area contributed by atoms with Crippen LogP contribution in [0.15, 0.2) is 52.9 Å². The summed E-state index contributed by atoms with van der Waals surface area (Å²) in [4.78, 5) is 35.9. The number of furan rings is 1. The molecule has 0 spiro atoms. The zero-order chi connectivity index (χ0) is 19.6. The number of fused-ring (bicyclic) bond motifs is 1. The molecule has 2 aromatic carbocycles. The zero-order valence-corrected chi connectivity index (χ0v) is 15.2. The van der Waals surface area contributed by atoms with Crippen LogP contribution < -0.4 is 5.32 Å². The molecule has 0 fully saturated rings. The Morgan fingerprint density at radius 2 is 1.70 bits per heavy atom. The van der Waals surface area contributed by atoms with Gasteiger partial charge < -0.3 is 14.5 Å². The van der Waals surface area contributed by atoms with Crippen molar-refractivity contribution >= 4 is 34.3 Å². The molecule has 27 heavy (non-hydrogen) atoms. The second-order valence-corrected chi connectivity index (χ2v) is 6.22. The minimum atomic E-state index is -1.02. The van der Waals surface area contributed by atoms with Gasteiger partial charge in [0.1, 0.15) is 5.58 Å². The molecule has 1 atom stereocenters. The van der Waals surface area contributed by atoms with E-state index in [-0.39, 0.29) is 11.5 Å². The Balaban J connectivity index is 1.67. The second kappa shape index (κ2) is 7.45. The highest BCUT2D eigenvalue weighted by Crippen LogP contribution is 2.25. The Hall–Kier alpha value is -3.41. The smallest absolute Gasteiger partial charge is 0.375 e. The fourth-order valence-electron chi connectivity index (χ4n) is 2.67. The van der Waals surface area contributed by atoms with Crippen molar-refractivity contribution in [3.8, 4) is 0 Å². The van der Waals surface area contributed by atoms with Crippen LogP contribution in [0.4, 0.5) is 5.69 Å². The van der Waals surface area contributed by atoms with Gasteiger partial charge in [0.05, 0.1) is 0 Å². The van der Waals surface area contributed by atoms with Gasteiger partial charge in [-0.2, -0.15) is 0 Å². The molecule has 0 aliphatic rings. The number of esters is 1. The van der Waals surface area contributed by atoms with Gasteiger partial charge in [0, 0.05) is 22.2 Å². The highest BCUT2D eigenvalue weighted by Gasteiger charge is 2.24. The molecule has 1 aromatic heterocycles. The van der Waals surface area contributed by atoms with Gasteiger partial charge in [-0.1, -0.05) is 18.2 Å². The van der Waals surface area contributed by atoms with E-state index >= 15 is 0 Å². The highest BCUT2D eigenvalue weighted by atomic mass is 16.6. The SMILES string of the molecule is CC(=O)c1ccc(NC(=O)C(C)OC(=O)c2oc3ccccc3c2C)cc1. The summed E-state index contributed by atoms with van der Waals surface area (Å²) in [6, 6.07) is 13.8. The van der Waals surface area contributed by atoms with E-state index < -0.39 is 18.0 Å². The van der Waals surface area contributed by atoms with E-state index in [1.54, 1.807) is 37.3 Å². The van der Waals surface area contributed by atoms with E-state index in [2.05, 4.69) is 5.32 Å². The first-order chi connectivity index (χ1) is 12.9. The summed E-state index contributed by atoms with van der Waals surface area (Å²) in [6.45, 7) is 4.72. The van der Waals surface area contributed by atoms with Gasteiger partial charge >= 0.3 is 5.97 Å². The number of aryl methyl sites for hydroxylation is 1. The van der Waals surface area contributed by atoms with Crippen molar-refractivity contribution in [3.05, 3.63) is 65.4 Å². The lowest BCUT2D eigenvalue weighted by atomic mass is 10.1. The number of carbonyl (C=O) groups is 3. The molecular formula is C21H19NO5. The van der Waals surface area contributed by atoms with E-state index in [0.717, 1.165) is 5.39 Å². The van der Waals surface area contributed by atoms with Crippen LogP contribution in [0.5, 0.6) is 0 Å². The molecule has 6 heteroatoms. The molecule has 3 rings (SSSR count). The monoisotopic (exact) mass is 365 g/mol. The number of benzene rings is 2. The maximum absolute atomic E-state index is 12.4. The molecule has 0 saturated carbocycles. The standard InChI is InChI=1S/C21H19NO5/c1-12-17-6-4-5-7-18(17)27-19(12)21(25)26-14(3)20(24)22-16-10-8-15(9-11-16)13(2)23/h4-11,14H,1-3H3,(H,22,24). The van der Waals surface area contributed by atoms with Crippen LogP contribution in [0.1, 0.15) is 40.3 Å². The Bertz CT molecular complexity index is 1020. The minimum absolute atomic E-state index is 0.0589. The maximum atomic E-state index is 12.4. The Morgan fingerprint density at radius 3 is 2.33 bits per heavy atom. The first-order valence-electron chi connectivity index (χ1n) is 8.48. The minimum Gasteiger partial charge on any atom is -0.449 e. The van der Waals surface area contributed by atoms with Gasteiger partial charge in [0.25, 0.3) is 5.91 Å². The lowest BCUT2D eigenvalue weighted by Crippen LogP contribution is -2.30. The second-order valence-electron chi connectivity index (χ2n) is 6.22. The van der Waals surface area contributed by atoms with Crippen LogP contribution in [-0.4, -0.2) is 23.8 Å². The third-order valence-corrected chi connectivity index (χ3v) is 4.24. The third kappa shape index (κ3) is 3.89. The van der Waals surface area contributed by atoms with E-state index in [0.29, 0.717) is 22.4 Å². The number of carbonyl (C=O) groups excluding carboxylic acids is 3. The molecule has 1 heterocycles. The van der Waals surface area contributed by atoms with E-state index in [9.17, 15) is 14.4 Å². The molecule has 0 radical (unpaired) electrons. The van der Waals surface area contributed by atoms with Crippen molar-refractivity contribution in [1.82, 2.24) is 0 Å². The number of hydrogen-bond donors (Lipinski definition) is 1. The first kappa shape index (κ1) is 18.4. The molecular weight excluding hydrogens is 346 g/mol. The Morgan fingerprint density at radius 1 is 1.04 bits per heavy atom. The summed E-state index contributed by atoms with van der Waals surface area (Å²) < 4.78 is 10.8. The number of anilines is 1. The normalized spacial score (nSPS) is 11.8. The van der Waals surface area contributed by atoms with Crippen LogP contribution in [0.2, 0.25) is 0 Å². The quantitative estimate of drug-likeness (QED) is 0.543. The van der Waals surface area contributed by atoms with Gasteiger partial charge in [0.2, 0.25) is 5.76 Å². The number of amides is 1. The fraction of sp³-hybridized carbons (Fsp3) is 0.190. The summed E-state index contributed by atoms with van der Waals surface area (Å²) in [7, 11) is 0. The number of Topliss-reactive ketones (excluding diaryl/α,β-unsaturated/α-hetero) is 1. The van der Waals surface area contributed by atoms with Gasteiger partial charge in [-0.25, -0.2) is 4.79 Å². The molecule has 0 aliphatic heterocycles. The summed E-state index contributed by atoms with van der Waals surface area (Å²) in [5, 5.41) is 3.47. The van der Waals surface area contributed by atoms with E-state index in [1.165, 1.54) is 13.8 Å². The van der Waals surface area contributed by atoms with E-state index in [4.69, 9.17) is 9.15 Å². The van der Waals surface area contributed by atoms with Crippen molar-refractivity contribution in [3.63, 3.8) is 0 Å². The zero-order valence-electron chi connectivity index (χ0n) is 15.2. The number of ketones is 1. The predicted molar refractivity (Wildman–Crippen MR) is 101 cm³/mol. The third-order valence-electron chi connectivity index (χ3n) is 4.24. The van der Waals surface area contributed by atoms with Gasteiger partial charge in [-0.05, 0) is 51.1 Å². The number of rotatable bonds is 5. The molecule has 1 N–H and O–H groups in total. The molecule has 6 nitrogen and oxygen atoms in total. The van der Waals surface area contributed by atoms with Crippen LogP contribution >= 0.6 is 0 Å². The number of ether oxygens (including phenoxy) is 1. The van der Waals surface area contributed by atoms with Crippen LogP contribution in [0, 0.1) is 6.92 Å². The summed E-state index contributed by atoms with van der Waals surface area (Å²) >= 11 is 0. The molecule has 138 valence electrons. The summed E-state index contributed by atoms with van der Waals surface area (Å²) in [6.07, 6.45) is -1.02. The fourth-order valence-corrected chi connectivity index (χ4v) is 2.67. The average Bonchev–Trinajstić information content (AvgIpc) is 2.99.